The standard InChI is InChI=1S/C29H33ClN7OP/c1-39(2,38)27-25(12-11-24-26(27)32-14-13-31-24)35-28-23(30)18-33-29(36-28)34-21-8-5-19-6-9-22(10-7-20(19)17-21)37-15-3-4-16-37/h5,8,11-14,17-18,22H,3-4,6-7,9-10,15-16H2,1-2H3,(H2,33,34,35,36). The summed E-state index contributed by atoms with van der Waals surface area (Å²) in [5.41, 5.74) is 5.73. The molecule has 4 aromatic rings. The summed E-state index contributed by atoms with van der Waals surface area (Å²) in [5, 5.41) is 7.63. The largest absolute Gasteiger partial charge is 0.338 e. The van der Waals surface area contributed by atoms with E-state index in [1.165, 1.54) is 49.9 Å². The topological polar surface area (TPSA) is 95.9 Å². The van der Waals surface area contributed by atoms with Gasteiger partial charge in [-0.25, -0.2) is 4.98 Å². The van der Waals surface area contributed by atoms with Gasteiger partial charge < -0.3 is 20.1 Å². The third-order valence-corrected chi connectivity index (χ3v) is 9.57. The van der Waals surface area contributed by atoms with E-state index in [0.717, 1.165) is 18.5 Å². The molecule has 8 nitrogen and oxygen atoms in total. The number of likely N-dealkylation sites (tertiary alicyclic amines) is 1. The summed E-state index contributed by atoms with van der Waals surface area (Å²) >= 11 is 6.50. The highest BCUT2D eigenvalue weighted by atomic mass is 35.5. The first-order chi connectivity index (χ1) is 18.8. The highest BCUT2D eigenvalue weighted by molar-refractivity contribution is 7.71. The van der Waals surface area contributed by atoms with E-state index in [1.807, 2.05) is 12.1 Å². The monoisotopic (exact) mass is 561 g/mol. The van der Waals surface area contributed by atoms with E-state index < -0.39 is 7.14 Å². The van der Waals surface area contributed by atoms with Crippen molar-refractivity contribution in [2.45, 2.75) is 44.6 Å². The van der Waals surface area contributed by atoms with Crippen molar-refractivity contribution in [1.82, 2.24) is 24.8 Å². The Morgan fingerprint density at radius 2 is 1.72 bits per heavy atom. The lowest BCUT2D eigenvalue weighted by Crippen LogP contribution is -2.32. The van der Waals surface area contributed by atoms with Gasteiger partial charge in [-0.1, -0.05) is 17.7 Å². The van der Waals surface area contributed by atoms with Gasteiger partial charge in [-0.3, -0.25) is 9.97 Å². The molecule has 0 spiro atoms. The van der Waals surface area contributed by atoms with Crippen molar-refractivity contribution >= 4 is 58.2 Å². The fourth-order valence-corrected chi connectivity index (χ4v) is 7.41. The lowest BCUT2D eigenvalue weighted by atomic mass is 10.0. The zero-order chi connectivity index (χ0) is 27.0. The molecule has 0 radical (unpaired) electrons. The van der Waals surface area contributed by atoms with Crippen LogP contribution in [0.2, 0.25) is 5.02 Å². The molecule has 1 saturated heterocycles. The van der Waals surface area contributed by atoms with Crippen molar-refractivity contribution in [3.05, 3.63) is 65.1 Å². The Bertz CT molecular complexity index is 1570. The maximum Gasteiger partial charge on any atom is 0.229 e. The predicted octanol–water partition coefficient (Wildman–Crippen LogP) is 6.15. The smallest absolute Gasteiger partial charge is 0.229 e. The van der Waals surface area contributed by atoms with E-state index in [1.54, 1.807) is 31.9 Å². The summed E-state index contributed by atoms with van der Waals surface area (Å²) in [6.45, 7) is 5.95. The van der Waals surface area contributed by atoms with Gasteiger partial charge in [0.15, 0.2) is 5.82 Å². The second-order valence-electron chi connectivity index (χ2n) is 10.8. The first kappa shape index (κ1) is 26.2. The average Bonchev–Trinajstić information content (AvgIpc) is 3.37. The Balaban J connectivity index is 1.24. The molecule has 1 atom stereocenters. The van der Waals surface area contributed by atoms with Gasteiger partial charge in [0, 0.05) is 24.1 Å². The molecule has 0 saturated carbocycles. The zero-order valence-corrected chi connectivity index (χ0v) is 24.0. The van der Waals surface area contributed by atoms with E-state index in [0.29, 0.717) is 44.9 Å². The van der Waals surface area contributed by atoms with E-state index in [2.05, 4.69) is 53.7 Å². The number of nitrogens with zero attached hydrogens (tertiary/aromatic N) is 5. The Labute approximate surface area is 234 Å². The molecule has 2 aliphatic rings. The molecule has 1 unspecified atom stereocenters. The molecule has 202 valence electrons. The average molecular weight is 562 g/mol. The molecule has 10 heteroatoms. The molecule has 1 aliphatic carbocycles. The molecule has 2 aromatic heterocycles. The van der Waals surface area contributed by atoms with Crippen molar-refractivity contribution in [2.24, 2.45) is 0 Å². The van der Waals surface area contributed by atoms with Crippen LogP contribution in [0.4, 0.5) is 23.1 Å². The second-order valence-corrected chi connectivity index (χ2v) is 14.4. The quantitative estimate of drug-likeness (QED) is 0.214. The summed E-state index contributed by atoms with van der Waals surface area (Å²) in [7, 11) is -2.72. The number of aromatic nitrogens is 4. The minimum Gasteiger partial charge on any atom is -0.338 e. The molecule has 3 heterocycles. The van der Waals surface area contributed by atoms with Crippen LogP contribution in [0.1, 0.15) is 36.8 Å². The van der Waals surface area contributed by atoms with Gasteiger partial charge in [0.05, 0.1) is 22.7 Å². The number of fused-ring (bicyclic) bond motifs is 2. The lowest BCUT2D eigenvalue weighted by molar-refractivity contribution is 0.222. The second kappa shape index (κ2) is 10.8. The normalized spacial score (nSPS) is 18.1. The molecule has 2 N–H and O–H groups in total. The minimum atomic E-state index is -2.72. The van der Waals surface area contributed by atoms with E-state index >= 15 is 0 Å². The third-order valence-electron chi connectivity index (χ3n) is 7.76. The van der Waals surface area contributed by atoms with Crippen LogP contribution in [0.5, 0.6) is 0 Å². The van der Waals surface area contributed by atoms with Gasteiger partial charge in [-0.2, -0.15) is 4.98 Å². The number of aryl methyl sites for hydroxylation is 2. The van der Waals surface area contributed by atoms with E-state index in [9.17, 15) is 4.57 Å². The molecule has 1 aliphatic heterocycles. The number of benzene rings is 2. The number of hydrogen-bond acceptors (Lipinski definition) is 8. The number of hydrogen-bond donors (Lipinski definition) is 2. The first-order valence-corrected chi connectivity index (χ1v) is 16.5. The highest BCUT2D eigenvalue weighted by Crippen LogP contribution is 2.41. The van der Waals surface area contributed by atoms with Gasteiger partial charge >= 0.3 is 0 Å². The van der Waals surface area contributed by atoms with Crippen LogP contribution in [-0.2, 0) is 17.4 Å². The fourth-order valence-electron chi connectivity index (χ4n) is 5.88. The van der Waals surface area contributed by atoms with Crippen molar-refractivity contribution < 1.29 is 4.57 Å². The summed E-state index contributed by atoms with van der Waals surface area (Å²) in [6, 6.07) is 11.0. The predicted molar refractivity (Wildman–Crippen MR) is 160 cm³/mol. The number of anilines is 4. The van der Waals surface area contributed by atoms with Crippen LogP contribution in [0.25, 0.3) is 11.0 Å². The van der Waals surface area contributed by atoms with Crippen LogP contribution in [0.3, 0.4) is 0 Å². The summed E-state index contributed by atoms with van der Waals surface area (Å²) < 4.78 is 13.3. The van der Waals surface area contributed by atoms with Gasteiger partial charge in [-0.05, 0) is 100 Å². The Kier molecular flexibility index (Phi) is 7.27. The molecular formula is C29H33ClN7OP. The summed E-state index contributed by atoms with van der Waals surface area (Å²) in [4.78, 5) is 20.6. The Morgan fingerprint density at radius 1 is 0.949 bits per heavy atom. The van der Waals surface area contributed by atoms with Crippen molar-refractivity contribution in [2.75, 3.05) is 37.1 Å². The maximum atomic E-state index is 13.3. The summed E-state index contributed by atoms with van der Waals surface area (Å²) in [6.07, 6.45) is 12.1. The number of halogens is 1. The van der Waals surface area contributed by atoms with E-state index in [-0.39, 0.29) is 0 Å². The van der Waals surface area contributed by atoms with Crippen LogP contribution in [0.15, 0.2) is 48.9 Å². The molecular weight excluding hydrogens is 529 g/mol. The molecule has 1 fully saturated rings. The van der Waals surface area contributed by atoms with Gasteiger partial charge in [-0.15, -0.1) is 0 Å². The van der Waals surface area contributed by atoms with Gasteiger partial charge in [0.1, 0.15) is 17.7 Å². The maximum absolute atomic E-state index is 13.3. The first-order valence-electron chi connectivity index (χ1n) is 13.6. The van der Waals surface area contributed by atoms with Crippen molar-refractivity contribution in [3.8, 4) is 0 Å². The molecule has 39 heavy (non-hydrogen) atoms. The van der Waals surface area contributed by atoms with Crippen molar-refractivity contribution in [3.63, 3.8) is 0 Å². The van der Waals surface area contributed by atoms with Crippen LogP contribution >= 0.6 is 18.7 Å². The Hall–Kier alpha value is -3.06. The fraction of sp³-hybridized carbons (Fsp3) is 0.379. The highest BCUT2D eigenvalue weighted by Gasteiger charge is 2.25. The molecule has 2 aromatic carbocycles. The molecule has 6 rings (SSSR count). The third kappa shape index (κ3) is 5.65. The van der Waals surface area contributed by atoms with Crippen LogP contribution in [0, 0.1) is 0 Å². The van der Waals surface area contributed by atoms with Crippen LogP contribution in [-0.4, -0.2) is 57.3 Å². The number of rotatable bonds is 6. The lowest BCUT2D eigenvalue weighted by Gasteiger charge is -2.25. The SMILES string of the molecule is CP(C)(=O)c1c(Nc2nc(Nc3ccc4c(c3)CCC(N3CCCC3)CC4)ncc2Cl)ccc2nccnc12. The van der Waals surface area contributed by atoms with E-state index in [4.69, 9.17) is 11.6 Å². The number of nitrogens with one attached hydrogen (secondary N) is 2. The Morgan fingerprint density at radius 3 is 2.51 bits per heavy atom. The van der Waals surface area contributed by atoms with Crippen molar-refractivity contribution in [1.29, 1.82) is 0 Å². The zero-order valence-electron chi connectivity index (χ0n) is 22.3. The molecule has 0 amide bonds. The summed E-state index contributed by atoms with van der Waals surface area (Å²) in [5.74, 6) is 0.860. The molecule has 0 bridgehead atoms. The van der Waals surface area contributed by atoms with Gasteiger partial charge in [0.25, 0.3) is 0 Å². The van der Waals surface area contributed by atoms with Gasteiger partial charge in [0.2, 0.25) is 5.95 Å². The minimum absolute atomic E-state index is 0.364. The van der Waals surface area contributed by atoms with Crippen LogP contribution < -0.4 is 15.9 Å².